The van der Waals surface area contributed by atoms with E-state index < -0.39 is 13.3 Å². The van der Waals surface area contributed by atoms with Gasteiger partial charge in [-0.2, -0.15) is 0 Å². The van der Waals surface area contributed by atoms with E-state index in [4.69, 9.17) is 0 Å². The van der Waals surface area contributed by atoms with Crippen LogP contribution in [0.3, 0.4) is 0 Å². The van der Waals surface area contributed by atoms with Crippen molar-refractivity contribution in [3.05, 3.63) is 48.5 Å². The van der Waals surface area contributed by atoms with Crippen LogP contribution < -0.4 is 14.1 Å². The van der Waals surface area contributed by atoms with Gasteiger partial charge in [-0.15, -0.1) is 0 Å². The van der Waals surface area contributed by atoms with Gasteiger partial charge in [-0.3, -0.25) is 0 Å². The first-order valence-electron chi connectivity index (χ1n) is 5.65. The van der Waals surface area contributed by atoms with Gasteiger partial charge in [0.15, 0.2) is 0 Å². The Balaban J connectivity index is 2.28. The second-order valence-corrected chi connectivity index (χ2v) is 13.9. The second kappa shape index (κ2) is 3.39. The van der Waals surface area contributed by atoms with E-state index in [1.165, 1.54) is 11.4 Å². The monoisotopic (exact) mass is 271 g/mol. The molecular weight excluding hydrogens is 255 g/mol. The molecule has 16 heavy (non-hydrogen) atoms. The van der Waals surface area contributed by atoms with Crippen LogP contribution in [0.2, 0.25) is 11.5 Å². The number of rotatable bonds is 0. The fraction of sp³-hybridized carbons (Fsp3) is 0.143. The van der Waals surface area contributed by atoms with Crippen molar-refractivity contribution in [3.63, 3.8) is 0 Å². The molecule has 0 spiro atoms. The third-order valence-electron chi connectivity index (χ3n) is 3.47. The van der Waals surface area contributed by atoms with Crippen molar-refractivity contribution in [2.45, 2.75) is 11.5 Å². The molecule has 80 valence electrons. The van der Waals surface area contributed by atoms with Gasteiger partial charge in [-0.05, 0) is 0 Å². The van der Waals surface area contributed by atoms with Crippen LogP contribution in [-0.4, -0.2) is 13.3 Å². The van der Waals surface area contributed by atoms with E-state index in [-0.39, 0.29) is 0 Å². The molecule has 2 heteroatoms. The molecule has 0 aromatic heterocycles. The molecule has 0 atom stereocenters. The van der Waals surface area contributed by atoms with Crippen LogP contribution in [0, 0.1) is 0 Å². The van der Waals surface area contributed by atoms with Gasteiger partial charge in [-0.1, -0.05) is 0 Å². The molecule has 0 saturated heterocycles. The number of nitrogens with one attached hydrogen (secondary N) is 1. The van der Waals surface area contributed by atoms with Crippen LogP contribution in [0.25, 0.3) is 0 Å². The van der Waals surface area contributed by atoms with E-state index >= 15 is 0 Å². The Hall–Kier alpha value is -1.22. The maximum atomic E-state index is 3.54. The van der Waals surface area contributed by atoms with E-state index in [9.17, 15) is 0 Å². The molecule has 0 unspecified atom stereocenters. The Kier molecular flexibility index (Phi) is 2.11. The topological polar surface area (TPSA) is 12.0 Å². The van der Waals surface area contributed by atoms with Crippen molar-refractivity contribution in [1.82, 2.24) is 0 Å². The Morgan fingerprint density at radius 1 is 0.750 bits per heavy atom. The molecule has 0 saturated carbocycles. The van der Waals surface area contributed by atoms with Crippen molar-refractivity contribution in [2.24, 2.45) is 0 Å². The normalized spacial score (nSPS) is 15.9. The van der Waals surface area contributed by atoms with Crippen molar-refractivity contribution in [2.75, 3.05) is 5.32 Å². The van der Waals surface area contributed by atoms with Crippen LogP contribution in [0.1, 0.15) is 0 Å². The SMILES string of the molecule is [CH3][Ge]1([CH3])[c]2ccccc2Nc2cccc[c]21. The standard InChI is InChI=1S/C14H15GeN/c1-15(2)11-7-3-5-9-13(11)16-14-10-6-4-8-12(14)15/h3-10,16H,1-2H3. The third-order valence-corrected chi connectivity index (χ3v) is 11.0. The molecule has 2 aromatic carbocycles. The van der Waals surface area contributed by atoms with E-state index in [0.29, 0.717) is 0 Å². The van der Waals surface area contributed by atoms with Crippen LogP contribution in [0.5, 0.6) is 0 Å². The number of fused-ring (bicyclic) bond motifs is 2. The molecule has 2 aromatic rings. The summed E-state index contributed by atoms with van der Waals surface area (Å²) >= 11 is -2.05. The van der Waals surface area contributed by atoms with Gasteiger partial charge in [0.1, 0.15) is 0 Å². The zero-order valence-corrected chi connectivity index (χ0v) is 11.7. The number of hydrogen-bond acceptors (Lipinski definition) is 1. The second-order valence-electron chi connectivity index (χ2n) is 4.84. The summed E-state index contributed by atoms with van der Waals surface area (Å²) in [5.74, 6) is 4.94. The summed E-state index contributed by atoms with van der Waals surface area (Å²) in [6.45, 7) is 0. The average molecular weight is 270 g/mol. The molecule has 1 aliphatic heterocycles. The predicted octanol–water partition coefficient (Wildman–Crippen LogP) is 2.57. The van der Waals surface area contributed by atoms with Crippen molar-refractivity contribution in [3.8, 4) is 0 Å². The first-order valence-corrected chi connectivity index (χ1v) is 11.9. The maximum absolute atomic E-state index is 3.54. The van der Waals surface area contributed by atoms with Gasteiger partial charge in [-0.25, -0.2) is 0 Å². The summed E-state index contributed by atoms with van der Waals surface area (Å²) in [5, 5.41) is 3.54. The number of hydrogen-bond donors (Lipinski definition) is 1. The zero-order chi connectivity index (χ0) is 11.2. The molecule has 1 nitrogen and oxygen atoms in total. The fourth-order valence-electron chi connectivity index (χ4n) is 2.56. The predicted molar refractivity (Wildman–Crippen MR) is 72.9 cm³/mol. The van der Waals surface area contributed by atoms with E-state index in [2.05, 4.69) is 65.4 Å². The summed E-state index contributed by atoms with van der Waals surface area (Å²) in [7, 11) is 0. The Bertz CT molecular complexity index is 498. The Morgan fingerprint density at radius 3 is 1.69 bits per heavy atom. The first kappa shape index (κ1) is 9.97. The summed E-state index contributed by atoms with van der Waals surface area (Å²) in [6.07, 6.45) is 0. The van der Waals surface area contributed by atoms with Gasteiger partial charge in [0.2, 0.25) is 0 Å². The number of para-hydroxylation sites is 2. The number of anilines is 2. The van der Waals surface area contributed by atoms with Gasteiger partial charge in [0.05, 0.1) is 0 Å². The van der Waals surface area contributed by atoms with Crippen LogP contribution in [0.4, 0.5) is 11.4 Å². The van der Waals surface area contributed by atoms with Crippen molar-refractivity contribution in [1.29, 1.82) is 0 Å². The van der Waals surface area contributed by atoms with Crippen molar-refractivity contribution >= 4 is 33.4 Å². The minimum atomic E-state index is -2.05. The molecule has 1 heterocycles. The summed E-state index contributed by atoms with van der Waals surface area (Å²) in [6, 6.07) is 17.5. The minimum absolute atomic E-state index is 1.31. The Morgan fingerprint density at radius 2 is 1.19 bits per heavy atom. The average Bonchev–Trinajstić information content (AvgIpc) is 2.29. The molecule has 1 N–H and O–H groups in total. The van der Waals surface area contributed by atoms with E-state index in [1.54, 1.807) is 8.79 Å². The molecule has 3 rings (SSSR count). The zero-order valence-electron chi connectivity index (χ0n) is 9.62. The first-order chi connectivity index (χ1) is 7.69. The fourth-order valence-corrected chi connectivity index (χ4v) is 8.76. The van der Waals surface area contributed by atoms with Crippen LogP contribution >= 0.6 is 0 Å². The summed E-state index contributed by atoms with van der Waals surface area (Å²) in [5.41, 5.74) is 2.62. The summed E-state index contributed by atoms with van der Waals surface area (Å²) in [4.78, 5) is 0. The van der Waals surface area contributed by atoms with E-state index in [0.717, 1.165) is 0 Å². The molecule has 1 aliphatic rings. The van der Waals surface area contributed by atoms with Gasteiger partial charge in [0, 0.05) is 0 Å². The van der Waals surface area contributed by atoms with Gasteiger partial charge >= 0.3 is 98.8 Å². The molecule has 0 radical (unpaired) electrons. The molecule has 0 amide bonds. The molecule has 0 aliphatic carbocycles. The van der Waals surface area contributed by atoms with Gasteiger partial charge in [0.25, 0.3) is 0 Å². The van der Waals surface area contributed by atoms with Gasteiger partial charge < -0.3 is 0 Å². The van der Waals surface area contributed by atoms with Crippen LogP contribution in [0.15, 0.2) is 48.5 Å². The third kappa shape index (κ3) is 1.31. The Labute approximate surface area is 98.9 Å². The van der Waals surface area contributed by atoms with Crippen LogP contribution in [-0.2, 0) is 0 Å². The van der Waals surface area contributed by atoms with E-state index in [1.807, 2.05) is 0 Å². The number of benzene rings is 2. The molecular formula is C14H15GeN. The molecule has 0 bridgehead atoms. The quantitative estimate of drug-likeness (QED) is 0.725. The molecule has 0 fully saturated rings. The van der Waals surface area contributed by atoms with Crippen molar-refractivity contribution < 1.29 is 0 Å². The summed E-state index contributed by atoms with van der Waals surface area (Å²) < 4.78 is 3.11.